The van der Waals surface area contributed by atoms with Gasteiger partial charge in [-0.25, -0.2) is 9.37 Å². The Bertz CT molecular complexity index is 695. The quantitative estimate of drug-likeness (QED) is 0.832. The molecule has 0 saturated carbocycles. The number of nitrogens with one attached hydrogen (secondary N) is 2. The van der Waals surface area contributed by atoms with Gasteiger partial charge in [0.15, 0.2) is 18.2 Å². The van der Waals surface area contributed by atoms with Gasteiger partial charge in [-0.15, -0.1) is 0 Å². The van der Waals surface area contributed by atoms with Gasteiger partial charge in [-0.2, -0.15) is 4.98 Å². The van der Waals surface area contributed by atoms with Crippen LogP contribution in [0.25, 0.3) is 0 Å². The highest BCUT2D eigenvalue weighted by Crippen LogP contribution is 2.31. The van der Waals surface area contributed by atoms with Crippen molar-refractivity contribution in [3.05, 3.63) is 35.5 Å². The number of benzene rings is 1. The second-order valence-electron chi connectivity index (χ2n) is 4.01. The van der Waals surface area contributed by atoms with Crippen molar-refractivity contribution in [1.82, 2.24) is 9.97 Å². The van der Waals surface area contributed by atoms with Crippen molar-refractivity contribution in [2.75, 3.05) is 17.2 Å². The van der Waals surface area contributed by atoms with Crippen molar-refractivity contribution in [1.29, 1.82) is 0 Å². The van der Waals surface area contributed by atoms with Crippen molar-refractivity contribution >= 4 is 34.7 Å². The van der Waals surface area contributed by atoms with Crippen LogP contribution in [0.2, 0.25) is 5.28 Å². The van der Waals surface area contributed by atoms with E-state index in [0.29, 0.717) is 17.1 Å². The second-order valence-corrected chi connectivity index (χ2v) is 4.35. The molecule has 1 aromatic carbocycles. The summed E-state index contributed by atoms with van der Waals surface area (Å²) in [5.41, 5.74) is 1.11. The lowest BCUT2D eigenvalue weighted by Crippen LogP contribution is -2.25. The number of hydrogen-bond donors (Lipinski definition) is 2. The first-order chi connectivity index (χ1) is 9.61. The Balaban J connectivity index is 1.88. The van der Waals surface area contributed by atoms with E-state index in [0.717, 1.165) is 6.20 Å². The highest BCUT2D eigenvalue weighted by Gasteiger charge is 2.16. The fraction of sp³-hybridized carbons (Fsp3) is 0.0833. The van der Waals surface area contributed by atoms with E-state index >= 15 is 0 Å². The van der Waals surface area contributed by atoms with Crippen LogP contribution in [0.15, 0.2) is 24.4 Å². The molecule has 0 fully saturated rings. The van der Waals surface area contributed by atoms with E-state index in [2.05, 4.69) is 20.6 Å². The van der Waals surface area contributed by atoms with Gasteiger partial charge in [0.25, 0.3) is 5.91 Å². The minimum atomic E-state index is -0.624. The fourth-order valence-electron chi connectivity index (χ4n) is 1.72. The predicted octanol–water partition coefficient (Wildman–Crippen LogP) is 2.34. The van der Waals surface area contributed by atoms with Crippen molar-refractivity contribution in [2.24, 2.45) is 0 Å². The highest BCUT2D eigenvalue weighted by molar-refractivity contribution is 6.28. The van der Waals surface area contributed by atoms with E-state index in [1.54, 1.807) is 18.2 Å². The van der Waals surface area contributed by atoms with E-state index < -0.39 is 5.82 Å². The van der Waals surface area contributed by atoms with Gasteiger partial charge in [-0.3, -0.25) is 4.79 Å². The Kier molecular flexibility index (Phi) is 3.11. The third kappa shape index (κ3) is 2.48. The van der Waals surface area contributed by atoms with Crippen molar-refractivity contribution in [3.63, 3.8) is 0 Å². The van der Waals surface area contributed by atoms with E-state index in [4.69, 9.17) is 16.3 Å². The number of hydrogen-bond acceptors (Lipinski definition) is 5. The lowest BCUT2D eigenvalue weighted by molar-refractivity contribution is -0.118. The van der Waals surface area contributed by atoms with Gasteiger partial charge in [0, 0.05) is 11.8 Å². The number of anilines is 3. The van der Waals surface area contributed by atoms with Gasteiger partial charge in [0.1, 0.15) is 5.75 Å². The minimum Gasteiger partial charge on any atom is -0.482 e. The first-order valence-corrected chi connectivity index (χ1v) is 6.01. The third-order valence-corrected chi connectivity index (χ3v) is 2.77. The van der Waals surface area contributed by atoms with E-state index in [1.165, 1.54) is 0 Å². The minimum absolute atomic E-state index is 0.0372. The zero-order chi connectivity index (χ0) is 14.1. The van der Waals surface area contributed by atoms with Crippen LogP contribution in [0.5, 0.6) is 5.75 Å². The van der Waals surface area contributed by atoms with Gasteiger partial charge >= 0.3 is 0 Å². The topological polar surface area (TPSA) is 76.1 Å². The molecule has 2 aromatic rings. The number of carbonyl (C=O) groups excluding carboxylic acids is 1. The maximum atomic E-state index is 13.5. The maximum absolute atomic E-state index is 13.5. The van der Waals surface area contributed by atoms with Crippen LogP contribution in [-0.4, -0.2) is 22.5 Å². The van der Waals surface area contributed by atoms with Gasteiger partial charge in [0.2, 0.25) is 5.28 Å². The van der Waals surface area contributed by atoms with Crippen LogP contribution in [0.4, 0.5) is 21.6 Å². The van der Waals surface area contributed by atoms with Crippen LogP contribution >= 0.6 is 11.6 Å². The summed E-state index contributed by atoms with van der Waals surface area (Å²) in [4.78, 5) is 18.4. The molecule has 1 aromatic heterocycles. The molecule has 0 bridgehead atoms. The summed E-state index contributed by atoms with van der Waals surface area (Å²) in [5, 5.41) is 5.37. The Morgan fingerprint density at radius 3 is 3.15 bits per heavy atom. The number of nitrogens with zero attached hydrogens (tertiary/aromatic N) is 2. The van der Waals surface area contributed by atoms with E-state index in [9.17, 15) is 9.18 Å². The molecule has 0 radical (unpaired) electrons. The number of rotatable bonds is 2. The van der Waals surface area contributed by atoms with Crippen molar-refractivity contribution in [2.45, 2.75) is 0 Å². The summed E-state index contributed by atoms with van der Waals surface area (Å²) < 4.78 is 18.8. The molecule has 0 unspecified atom stereocenters. The summed E-state index contributed by atoms with van der Waals surface area (Å²) >= 11 is 5.61. The Hall–Kier alpha value is -2.41. The lowest BCUT2D eigenvalue weighted by atomic mass is 10.2. The fourth-order valence-corrected chi connectivity index (χ4v) is 1.86. The molecule has 1 aliphatic heterocycles. The molecule has 0 aliphatic carbocycles. The van der Waals surface area contributed by atoms with E-state index in [-0.39, 0.29) is 23.6 Å². The number of amides is 1. The Morgan fingerprint density at radius 2 is 2.30 bits per heavy atom. The molecule has 102 valence electrons. The third-order valence-electron chi connectivity index (χ3n) is 2.59. The summed E-state index contributed by atoms with van der Waals surface area (Å²) in [6.07, 6.45) is 0.979. The van der Waals surface area contributed by atoms with Gasteiger partial charge in [0.05, 0.1) is 11.9 Å². The predicted molar refractivity (Wildman–Crippen MR) is 70.8 cm³/mol. The molecule has 3 rings (SSSR count). The molecular weight excluding hydrogens is 287 g/mol. The SMILES string of the molecule is O=C1COc2cc(Nc3nc(Cl)ncc3F)ccc2N1. The first kappa shape index (κ1) is 12.6. The number of aromatic nitrogens is 2. The summed E-state index contributed by atoms with van der Waals surface area (Å²) in [7, 11) is 0. The molecular formula is C12H8ClFN4O2. The van der Waals surface area contributed by atoms with E-state index in [1.807, 2.05) is 0 Å². The van der Waals surface area contributed by atoms with Gasteiger partial charge in [-0.05, 0) is 23.7 Å². The molecule has 6 nitrogen and oxygen atoms in total. The molecule has 0 spiro atoms. The van der Waals surface area contributed by atoms with Crippen LogP contribution in [-0.2, 0) is 4.79 Å². The van der Waals surface area contributed by atoms with Crippen molar-refractivity contribution in [3.8, 4) is 5.75 Å². The molecule has 1 aliphatic rings. The van der Waals surface area contributed by atoms with Crippen LogP contribution in [0.1, 0.15) is 0 Å². The van der Waals surface area contributed by atoms with Gasteiger partial charge in [-0.1, -0.05) is 0 Å². The number of carbonyl (C=O) groups is 1. The zero-order valence-electron chi connectivity index (χ0n) is 9.98. The molecule has 8 heteroatoms. The summed E-state index contributed by atoms with van der Waals surface area (Å²) in [6, 6.07) is 4.93. The molecule has 1 amide bonds. The molecule has 0 saturated heterocycles. The maximum Gasteiger partial charge on any atom is 0.262 e. The number of fused-ring (bicyclic) bond motifs is 1. The largest absolute Gasteiger partial charge is 0.482 e. The lowest BCUT2D eigenvalue weighted by Gasteiger charge is -2.18. The van der Waals surface area contributed by atoms with Crippen LogP contribution in [0, 0.1) is 5.82 Å². The van der Waals surface area contributed by atoms with Crippen LogP contribution in [0.3, 0.4) is 0 Å². The standard InChI is InChI=1S/C12H8ClFN4O2/c13-12-15-4-7(14)11(18-12)16-6-1-2-8-9(3-6)20-5-10(19)17-8/h1-4H,5H2,(H,17,19)(H,15,16,18). The first-order valence-electron chi connectivity index (χ1n) is 5.63. The molecule has 0 atom stereocenters. The number of ether oxygens (including phenoxy) is 1. The normalized spacial score (nSPS) is 13.2. The average molecular weight is 295 g/mol. The second kappa shape index (κ2) is 4.93. The molecule has 2 N–H and O–H groups in total. The van der Waals surface area contributed by atoms with Crippen molar-refractivity contribution < 1.29 is 13.9 Å². The van der Waals surface area contributed by atoms with Crippen LogP contribution < -0.4 is 15.4 Å². The Morgan fingerprint density at radius 1 is 1.45 bits per heavy atom. The zero-order valence-corrected chi connectivity index (χ0v) is 10.7. The molecule has 20 heavy (non-hydrogen) atoms. The molecule has 2 heterocycles. The smallest absolute Gasteiger partial charge is 0.262 e. The Labute approximate surface area is 117 Å². The van der Waals surface area contributed by atoms with Gasteiger partial charge < -0.3 is 15.4 Å². The number of halogens is 2. The monoisotopic (exact) mass is 294 g/mol. The summed E-state index contributed by atoms with van der Waals surface area (Å²) in [5.74, 6) is -0.381. The highest BCUT2D eigenvalue weighted by atomic mass is 35.5. The average Bonchev–Trinajstić information content (AvgIpc) is 2.43. The summed E-state index contributed by atoms with van der Waals surface area (Å²) in [6.45, 7) is -0.0514.